The smallest absolute Gasteiger partial charge is 0.274 e. The topological polar surface area (TPSA) is 37.8 Å². The number of hydrogen-bond acceptors (Lipinski definition) is 1. The molecule has 0 atom stereocenters. The van der Waals surface area contributed by atoms with Crippen LogP contribution in [0.2, 0.25) is 0 Å². The van der Waals surface area contributed by atoms with Gasteiger partial charge in [0.2, 0.25) is 0 Å². The molecule has 2 aromatic rings. The lowest BCUT2D eigenvalue weighted by Crippen LogP contribution is -2.17. The maximum Gasteiger partial charge on any atom is 0.274 e. The predicted octanol–water partition coefficient (Wildman–Crippen LogP) is 3.54. The van der Waals surface area contributed by atoms with Gasteiger partial charge in [-0.2, -0.15) is 0 Å². The zero-order valence-corrected chi connectivity index (χ0v) is 13.1. The first-order valence-electron chi connectivity index (χ1n) is 7.34. The molecular formula is C17H24N2O. The number of H-pyrrole nitrogens is 1. The molecule has 1 heterocycles. The van der Waals surface area contributed by atoms with Gasteiger partial charge >= 0.3 is 0 Å². The number of aryl methyl sites for hydroxylation is 2. The Bertz CT molecular complexity index is 662. The molecule has 0 aliphatic heterocycles. The predicted molar refractivity (Wildman–Crippen MR) is 83.8 cm³/mol. The monoisotopic (exact) mass is 272 g/mol. The van der Waals surface area contributed by atoms with Crippen molar-refractivity contribution in [3.05, 3.63) is 50.9 Å². The van der Waals surface area contributed by atoms with Crippen LogP contribution in [0.5, 0.6) is 0 Å². The van der Waals surface area contributed by atoms with Crippen molar-refractivity contribution in [2.24, 2.45) is 5.92 Å². The lowest BCUT2D eigenvalue weighted by Gasteiger charge is -2.06. The van der Waals surface area contributed by atoms with Crippen LogP contribution in [0.4, 0.5) is 0 Å². The summed E-state index contributed by atoms with van der Waals surface area (Å²) in [6, 6.07) is 6.12. The van der Waals surface area contributed by atoms with Gasteiger partial charge in [-0.3, -0.25) is 9.89 Å². The minimum absolute atomic E-state index is 0.0893. The third kappa shape index (κ3) is 2.72. The molecule has 3 nitrogen and oxygen atoms in total. The first kappa shape index (κ1) is 14.6. The van der Waals surface area contributed by atoms with Crippen molar-refractivity contribution in [2.45, 2.75) is 47.5 Å². The number of benzene rings is 1. The molecule has 20 heavy (non-hydrogen) atoms. The molecule has 0 saturated heterocycles. The SMILES string of the molecule is CCc1c(CC(C)C)[nH]n(-c2ccc(C)c(C)c2)c1=O. The van der Waals surface area contributed by atoms with E-state index < -0.39 is 0 Å². The van der Waals surface area contributed by atoms with Crippen LogP contribution in [0, 0.1) is 19.8 Å². The van der Waals surface area contributed by atoms with Crippen molar-refractivity contribution >= 4 is 0 Å². The van der Waals surface area contributed by atoms with Gasteiger partial charge in [0, 0.05) is 11.3 Å². The Morgan fingerprint density at radius 3 is 2.45 bits per heavy atom. The van der Waals surface area contributed by atoms with Gasteiger partial charge in [-0.1, -0.05) is 26.8 Å². The number of nitrogens with one attached hydrogen (secondary N) is 1. The Labute approximate surface area is 120 Å². The molecule has 0 radical (unpaired) electrons. The fourth-order valence-corrected chi connectivity index (χ4v) is 2.51. The Morgan fingerprint density at radius 1 is 1.20 bits per heavy atom. The lowest BCUT2D eigenvalue weighted by molar-refractivity contribution is 0.625. The van der Waals surface area contributed by atoms with Crippen molar-refractivity contribution in [3.63, 3.8) is 0 Å². The summed E-state index contributed by atoms with van der Waals surface area (Å²) in [5.41, 5.74) is 5.44. The summed E-state index contributed by atoms with van der Waals surface area (Å²) in [5.74, 6) is 0.534. The summed E-state index contributed by atoms with van der Waals surface area (Å²) in [4.78, 5) is 12.5. The largest absolute Gasteiger partial charge is 0.295 e. The molecular weight excluding hydrogens is 248 g/mol. The second kappa shape index (κ2) is 5.70. The van der Waals surface area contributed by atoms with Gasteiger partial charge in [-0.25, -0.2) is 4.68 Å². The molecule has 2 rings (SSSR count). The second-order valence-electron chi connectivity index (χ2n) is 5.93. The normalized spacial score (nSPS) is 11.3. The van der Waals surface area contributed by atoms with E-state index in [1.165, 1.54) is 11.1 Å². The highest BCUT2D eigenvalue weighted by molar-refractivity contribution is 5.40. The van der Waals surface area contributed by atoms with Gasteiger partial charge in [-0.05, 0) is 55.9 Å². The fourth-order valence-electron chi connectivity index (χ4n) is 2.51. The van der Waals surface area contributed by atoms with Crippen molar-refractivity contribution < 1.29 is 0 Å². The summed E-state index contributed by atoms with van der Waals surface area (Å²) in [5, 5.41) is 3.30. The third-order valence-corrected chi connectivity index (χ3v) is 3.79. The molecule has 0 unspecified atom stereocenters. The van der Waals surface area contributed by atoms with Crippen LogP contribution >= 0.6 is 0 Å². The molecule has 0 amide bonds. The van der Waals surface area contributed by atoms with Crippen LogP contribution < -0.4 is 5.56 Å². The zero-order valence-electron chi connectivity index (χ0n) is 13.1. The first-order chi connectivity index (χ1) is 9.43. The van der Waals surface area contributed by atoms with Gasteiger partial charge in [0.15, 0.2) is 0 Å². The van der Waals surface area contributed by atoms with E-state index in [1.807, 2.05) is 13.0 Å². The molecule has 0 spiro atoms. The van der Waals surface area contributed by atoms with E-state index in [4.69, 9.17) is 0 Å². The number of aromatic nitrogens is 2. The van der Waals surface area contributed by atoms with Crippen molar-refractivity contribution in [1.29, 1.82) is 0 Å². The lowest BCUT2D eigenvalue weighted by atomic mass is 10.0. The average Bonchev–Trinajstić information content (AvgIpc) is 2.68. The minimum Gasteiger partial charge on any atom is -0.295 e. The maximum atomic E-state index is 12.5. The van der Waals surface area contributed by atoms with Crippen molar-refractivity contribution in [1.82, 2.24) is 9.78 Å². The Kier molecular flexibility index (Phi) is 4.17. The zero-order chi connectivity index (χ0) is 14.9. The summed E-state index contributed by atoms with van der Waals surface area (Å²) in [6.07, 6.45) is 1.69. The molecule has 0 fully saturated rings. The minimum atomic E-state index is 0.0893. The summed E-state index contributed by atoms with van der Waals surface area (Å²) in [6.45, 7) is 10.5. The van der Waals surface area contributed by atoms with Crippen LogP contribution in [0.25, 0.3) is 5.69 Å². The van der Waals surface area contributed by atoms with E-state index in [0.29, 0.717) is 5.92 Å². The number of nitrogens with zero attached hydrogens (tertiary/aromatic N) is 1. The molecule has 1 N–H and O–H groups in total. The maximum absolute atomic E-state index is 12.5. The number of aromatic amines is 1. The van der Waals surface area contributed by atoms with Crippen LogP contribution in [-0.4, -0.2) is 9.78 Å². The molecule has 0 aliphatic carbocycles. The quantitative estimate of drug-likeness (QED) is 0.908. The summed E-state index contributed by atoms with van der Waals surface area (Å²) in [7, 11) is 0. The molecule has 0 aliphatic rings. The first-order valence-corrected chi connectivity index (χ1v) is 7.34. The van der Waals surface area contributed by atoms with Gasteiger partial charge in [0.1, 0.15) is 0 Å². The number of rotatable bonds is 4. The second-order valence-corrected chi connectivity index (χ2v) is 5.93. The third-order valence-electron chi connectivity index (χ3n) is 3.79. The highest BCUT2D eigenvalue weighted by Crippen LogP contribution is 2.15. The van der Waals surface area contributed by atoms with E-state index in [2.05, 4.69) is 44.9 Å². The van der Waals surface area contributed by atoms with Gasteiger partial charge in [0.05, 0.1) is 5.69 Å². The van der Waals surface area contributed by atoms with E-state index in [0.717, 1.165) is 29.8 Å². The van der Waals surface area contributed by atoms with Crippen LogP contribution in [0.1, 0.15) is 43.2 Å². The Hall–Kier alpha value is -1.77. The summed E-state index contributed by atoms with van der Waals surface area (Å²) < 4.78 is 1.68. The molecule has 3 heteroatoms. The molecule has 1 aromatic carbocycles. The van der Waals surface area contributed by atoms with E-state index in [1.54, 1.807) is 4.68 Å². The molecule has 0 saturated carbocycles. The van der Waals surface area contributed by atoms with E-state index in [-0.39, 0.29) is 5.56 Å². The highest BCUT2D eigenvalue weighted by Gasteiger charge is 2.14. The van der Waals surface area contributed by atoms with Crippen LogP contribution in [0.3, 0.4) is 0 Å². The van der Waals surface area contributed by atoms with Gasteiger partial charge in [-0.15, -0.1) is 0 Å². The molecule has 1 aromatic heterocycles. The highest BCUT2D eigenvalue weighted by atomic mass is 16.1. The average molecular weight is 272 g/mol. The van der Waals surface area contributed by atoms with Crippen molar-refractivity contribution in [2.75, 3.05) is 0 Å². The Balaban J connectivity index is 2.54. The fraction of sp³-hybridized carbons (Fsp3) is 0.471. The molecule has 108 valence electrons. The van der Waals surface area contributed by atoms with Crippen molar-refractivity contribution in [3.8, 4) is 5.69 Å². The van der Waals surface area contributed by atoms with Gasteiger partial charge < -0.3 is 0 Å². The van der Waals surface area contributed by atoms with Gasteiger partial charge in [0.25, 0.3) is 5.56 Å². The molecule has 0 bridgehead atoms. The Morgan fingerprint density at radius 2 is 1.90 bits per heavy atom. The van der Waals surface area contributed by atoms with Crippen LogP contribution in [0.15, 0.2) is 23.0 Å². The number of hydrogen-bond donors (Lipinski definition) is 1. The standard InChI is InChI=1S/C17H24N2O/c1-6-15-16(9-11(2)3)18-19(17(15)20)14-8-7-12(4)13(5)10-14/h7-8,10-11,18H,6,9H2,1-5H3. The van der Waals surface area contributed by atoms with Crippen LogP contribution in [-0.2, 0) is 12.8 Å². The van der Waals surface area contributed by atoms with E-state index >= 15 is 0 Å². The summed E-state index contributed by atoms with van der Waals surface area (Å²) >= 11 is 0. The van der Waals surface area contributed by atoms with E-state index in [9.17, 15) is 4.79 Å².